The van der Waals surface area contributed by atoms with Crippen molar-refractivity contribution < 1.29 is 24.8 Å². The van der Waals surface area contributed by atoms with Crippen LogP contribution < -0.4 is 16.4 Å². The maximum Gasteiger partial charge on any atom is 0.256 e. The summed E-state index contributed by atoms with van der Waals surface area (Å²) in [6, 6.07) is 0. The zero-order valence-corrected chi connectivity index (χ0v) is 15.5. The number of imide groups is 1. The minimum atomic E-state index is -0.818. The maximum absolute atomic E-state index is 12.0. The third kappa shape index (κ3) is 6.32. The van der Waals surface area contributed by atoms with Gasteiger partial charge in [-0.15, -0.1) is 0 Å². The summed E-state index contributed by atoms with van der Waals surface area (Å²) in [6.07, 6.45) is 4.23. The number of hydrogen-bond acceptors (Lipinski definition) is 5. The fourth-order valence-electron chi connectivity index (χ4n) is 2.01. The molecule has 0 saturated carbocycles. The lowest BCUT2D eigenvalue weighted by Gasteiger charge is -2.28. The highest BCUT2D eigenvalue weighted by Crippen LogP contribution is 2.24. The van der Waals surface area contributed by atoms with Crippen LogP contribution in [0.5, 0.6) is 0 Å². The van der Waals surface area contributed by atoms with Gasteiger partial charge in [0.1, 0.15) is 5.70 Å². The van der Waals surface area contributed by atoms with Crippen LogP contribution in [-0.2, 0) is 19.1 Å². The van der Waals surface area contributed by atoms with Crippen molar-refractivity contribution in [1.82, 2.24) is 10.6 Å². The van der Waals surface area contributed by atoms with Gasteiger partial charge in [0.15, 0.2) is 6.29 Å². The number of rotatable bonds is 7. The number of nitrogens with one attached hydrogen (secondary N) is 2. The van der Waals surface area contributed by atoms with E-state index in [9.17, 15) is 9.59 Å². The molecule has 0 aromatic carbocycles. The first-order valence-electron chi connectivity index (χ1n) is 8.40. The molecule has 2 amide bonds. The van der Waals surface area contributed by atoms with E-state index in [4.69, 9.17) is 9.47 Å². The Kier molecular flexibility index (Phi) is 7.54. The fourth-order valence-corrected chi connectivity index (χ4v) is 2.01. The van der Waals surface area contributed by atoms with Gasteiger partial charge in [0.2, 0.25) is 5.91 Å². The normalized spacial score (nSPS) is 19.9. The predicted octanol–water partition coefficient (Wildman–Crippen LogP) is 0.322. The molecule has 1 aliphatic heterocycles. The lowest BCUT2D eigenvalue weighted by atomic mass is 9.90. The maximum atomic E-state index is 12.0. The molecule has 1 rings (SSSR count). The van der Waals surface area contributed by atoms with E-state index < -0.39 is 16.9 Å². The highest BCUT2D eigenvalue weighted by molar-refractivity contribution is 6.04. The van der Waals surface area contributed by atoms with Crippen LogP contribution in [0.3, 0.4) is 0 Å². The molecule has 0 aromatic heterocycles. The number of amides is 2. The van der Waals surface area contributed by atoms with Crippen LogP contribution in [0, 0.1) is 5.41 Å². The number of ether oxygens (including phenoxy) is 2. The summed E-state index contributed by atoms with van der Waals surface area (Å²) in [5, 5.41) is 5.21. The SMILES string of the molecule is CNC(C)(C)C(=O)NC(=O)C=C([NH3+])C(C)(C)COC1CCCCO1. The summed E-state index contributed by atoms with van der Waals surface area (Å²) in [5.41, 5.74) is 3.31. The molecule has 1 fully saturated rings. The third-order valence-electron chi connectivity index (χ3n) is 4.37. The zero-order valence-electron chi connectivity index (χ0n) is 15.5. The van der Waals surface area contributed by atoms with Crippen molar-refractivity contribution in [3.63, 3.8) is 0 Å². The van der Waals surface area contributed by atoms with Gasteiger partial charge < -0.3 is 20.5 Å². The van der Waals surface area contributed by atoms with E-state index in [2.05, 4.69) is 16.4 Å². The van der Waals surface area contributed by atoms with E-state index in [0.717, 1.165) is 25.9 Å². The van der Waals surface area contributed by atoms with Gasteiger partial charge in [0, 0.05) is 6.61 Å². The van der Waals surface area contributed by atoms with Crippen LogP contribution in [0.2, 0.25) is 0 Å². The Hall–Kier alpha value is -1.28. The van der Waals surface area contributed by atoms with Crippen molar-refractivity contribution in [3.8, 4) is 0 Å². The van der Waals surface area contributed by atoms with Gasteiger partial charge >= 0.3 is 0 Å². The van der Waals surface area contributed by atoms with Gasteiger partial charge in [0.25, 0.3) is 5.91 Å². The molecule has 1 saturated heterocycles. The topological polar surface area (TPSA) is 104 Å². The third-order valence-corrected chi connectivity index (χ3v) is 4.37. The van der Waals surface area contributed by atoms with Gasteiger partial charge in [0.05, 0.1) is 23.6 Å². The molecule has 1 aliphatic rings. The molecule has 0 aromatic rings. The summed E-state index contributed by atoms with van der Waals surface area (Å²) in [5.74, 6) is -0.862. The number of carbonyl (C=O) groups excluding carboxylic acids is 2. The Morgan fingerprint density at radius 3 is 2.50 bits per heavy atom. The number of quaternary nitrogens is 1. The van der Waals surface area contributed by atoms with Gasteiger partial charge in [-0.3, -0.25) is 14.9 Å². The van der Waals surface area contributed by atoms with Crippen molar-refractivity contribution >= 4 is 11.8 Å². The summed E-state index contributed by atoms with van der Waals surface area (Å²) in [6.45, 7) is 8.42. The molecule has 0 bridgehead atoms. The van der Waals surface area contributed by atoms with Gasteiger partial charge in [-0.25, -0.2) is 0 Å². The standard InChI is InChI=1S/C17H31N3O4/c1-16(2,11-24-14-8-6-7-9-23-14)12(18)10-13(21)20-15(22)17(3,4)19-5/h10,14,19H,6-9,11,18H2,1-5H3,(H,20,21,22)/p+1. The molecule has 1 atom stereocenters. The first kappa shape index (κ1) is 20.8. The Labute approximate surface area is 144 Å². The van der Waals surface area contributed by atoms with Crippen molar-refractivity contribution in [2.24, 2.45) is 5.41 Å². The van der Waals surface area contributed by atoms with Gasteiger partial charge in [-0.05, 0) is 54.0 Å². The van der Waals surface area contributed by atoms with Crippen LogP contribution in [0.15, 0.2) is 11.8 Å². The van der Waals surface area contributed by atoms with Crippen LogP contribution >= 0.6 is 0 Å². The second-order valence-electron chi connectivity index (χ2n) is 7.35. The monoisotopic (exact) mass is 342 g/mol. The van der Waals surface area contributed by atoms with E-state index in [0.29, 0.717) is 12.3 Å². The largest absolute Gasteiger partial charge is 0.353 e. The average molecular weight is 342 g/mol. The Morgan fingerprint density at radius 1 is 1.29 bits per heavy atom. The smallest absolute Gasteiger partial charge is 0.256 e. The van der Waals surface area contributed by atoms with E-state index >= 15 is 0 Å². The molecule has 24 heavy (non-hydrogen) atoms. The number of hydrogen-bond donors (Lipinski definition) is 3. The summed E-state index contributed by atoms with van der Waals surface area (Å²) >= 11 is 0. The van der Waals surface area contributed by atoms with E-state index in [-0.39, 0.29) is 12.2 Å². The van der Waals surface area contributed by atoms with E-state index in [1.807, 2.05) is 13.8 Å². The minimum absolute atomic E-state index is 0.183. The van der Waals surface area contributed by atoms with Crippen LogP contribution in [0.25, 0.3) is 0 Å². The Morgan fingerprint density at radius 2 is 1.96 bits per heavy atom. The Balaban J connectivity index is 2.57. The fraction of sp³-hybridized carbons (Fsp3) is 0.765. The van der Waals surface area contributed by atoms with E-state index in [1.165, 1.54) is 6.08 Å². The van der Waals surface area contributed by atoms with Gasteiger partial charge in [-0.2, -0.15) is 0 Å². The molecule has 5 N–H and O–H groups in total. The first-order valence-corrected chi connectivity index (χ1v) is 8.40. The van der Waals surface area contributed by atoms with Gasteiger partial charge in [-0.1, -0.05) is 0 Å². The van der Waals surface area contributed by atoms with Crippen LogP contribution in [-0.4, -0.2) is 43.9 Å². The lowest BCUT2D eigenvalue weighted by molar-refractivity contribution is -0.329. The van der Waals surface area contributed by atoms with Crippen molar-refractivity contribution in [2.45, 2.75) is 58.8 Å². The molecular weight excluding hydrogens is 310 g/mol. The van der Waals surface area contributed by atoms with Crippen LogP contribution in [0.1, 0.15) is 47.0 Å². The predicted molar refractivity (Wildman–Crippen MR) is 90.6 cm³/mol. The zero-order chi connectivity index (χ0) is 18.4. The second-order valence-corrected chi connectivity index (χ2v) is 7.35. The highest BCUT2D eigenvalue weighted by Gasteiger charge is 2.30. The summed E-state index contributed by atoms with van der Waals surface area (Å²) < 4.78 is 11.3. The number of carbonyl (C=O) groups is 2. The highest BCUT2D eigenvalue weighted by atomic mass is 16.7. The number of likely N-dealkylation sites (N-methyl/N-ethyl adjacent to an activating group) is 1. The lowest BCUT2D eigenvalue weighted by Crippen LogP contribution is -2.56. The minimum Gasteiger partial charge on any atom is -0.353 e. The molecule has 1 heterocycles. The molecule has 138 valence electrons. The molecule has 0 spiro atoms. The molecule has 0 radical (unpaired) electrons. The molecule has 1 unspecified atom stereocenters. The summed E-state index contributed by atoms with van der Waals surface area (Å²) in [4.78, 5) is 24.0. The second kappa shape index (κ2) is 8.71. The van der Waals surface area contributed by atoms with Crippen molar-refractivity contribution in [2.75, 3.05) is 20.3 Å². The quantitative estimate of drug-likeness (QED) is 0.578. The first-order chi connectivity index (χ1) is 11.1. The Bertz CT molecular complexity index is 480. The average Bonchev–Trinajstić information content (AvgIpc) is 2.53. The molecule has 7 heteroatoms. The van der Waals surface area contributed by atoms with Crippen molar-refractivity contribution in [3.05, 3.63) is 11.8 Å². The molecule has 0 aliphatic carbocycles. The van der Waals surface area contributed by atoms with E-state index in [1.54, 1.807) is 20.9 Å². The van der Waals surface area contributed by atoms with Crippen LogP contribution in [0.4, 0.5) is 0 Å². The summed E-state index contributed by atoms with van der Waals surface area (Å²) in [7, 11) is 1.67. The molecular formula is C17H32N3O4+. The molecule has 7 nitrogen and oxygen atoms in total. The van der Waals surface area contributed by atoms with Crippen molar-refractivity contribution in [1.29, 1.82) is 0 Å².